The second-order valence-corrected chi connectivity index (χ2v) is 7.07. The van der Waals surface area contributed by atoms with Crippen molar-refractivity contribution in [1.82, 2.24) is 15.1 Å². The summed E-state index contributed by atoms with van der Waals surface area (Å²) >= 11 is 0. The maximum atomic E-state index is 4.73. The van der Waals surface area contributed by atoms with E-state index >= 15 is 0 Å². The quantitative estimate of drug-likeness (QED) is 0.852. The van der Waals surface area contributed by atoms with E-state index in [1.54, 1.807) is 0 Å². The Balaban J connectivity index is 1.43. The van der Waals surface area contributed by atoms with Gasteiger partial charge in [-0.15, -0.1) is 0 Å². The Labute approximate surface area is 138 Å². The summed E-state index contributed by atoms with van der Waals surface area (Å²) in [5.41, 5.74) is 4.85. The molecule has 2 aliphatic carbocycles. The number of rotatable bonds is 5. The van der Waals surface area contributed by atoms with Crippen molar-refractivity contribution in [3.63, 3.8) is 0 Å². The molecule has 1 fully saturated rings. The Morgan fingerprint density at radius 2 is 1.96 bits per heavy atom. The maximum absolute atomic E-state index is 4.73. The maximum Gasteiger partial charge on any atom is 0.0648 e. The van der Waals surface area contributed by atoms with Gasteiger partial charge < -0.3 is 5.32 Å². The Hall–Kier alpha value is -1.87. The highest BCUT2D eigenvalue weighted by atomic mass is 15.3. The van der Waals surface area contributed by atoms with Gasteiger partial charge in [0.15, 0.2) is 0 Å². The smallest absolute Gasteiger partial charge is 0.0648 e. The third-order valence-corrected chi connectivity index (χ3v) is 5.57. The van der Waals surface area contributed by atoms with Crippen molar-refractivity contribution >= 4 is 0 Å². The number of allylic oxidation sites excluding steroid dienone is 2. The van der Waals surface area contributed by atoms with E-state index in [4.69, 9.17) is 5.10 Å². The molecule has 1 N–H and O–H groups in total. The minimum atomic E-state index is 0.821. The molecule has 3 nitrogen and oxygen atoms in total. The van der Waals surface area contributed by atoms with Crippen LogP contribution in [-0.2, 0) is 6.54 Å². The zero-order valence-corrected chi connectivity index (χ0v) is 14.0. The molecule has 0 radical (unpaired) electrons. The first kappa shape index (κ1) is 14.7. The normalized spacial score (nSPS) is 25.4. The van der Waals surface area contributed by atoms with Gasteiger partial charge in [-0.3, -0.25) is 0 Å². The van der Waals surface area contributed by atoms with Gasteiger partial charge in [0.05, 0.1) is 11.4 Å². The zero-order chi connectivity index (χ0) is 15.8. The van der Waals surface area contributed by atoms with Crippen LogP contribution in [0.15, 0.2) is 42.5 Å². The van der Waals surface area contributed by atoms with E-state index in [-0.39, 0.29) is 0 Å². The topological polar surface area (TPSA) is 29.9 Å². The molecule has 0 aliphatic heterocycles. The Morgan fingerprint density at radius 3 is 2.65 bits per heavy atom. The van der Waals surface area contributed by atoms with Gasteiger partial charge in [0, 0.05) is 17.8 Å². The summed E-state index contributed by atoms with van der Waals surface area (Å²) < 4.78 is 2.06. The fourth-order valence-electron chi connectivity index (χ4n) is 4.26. The highest BCUT2D eigenvalue weighted by molar-refractivity contribution is 5.36. The number of aromatic nitrogens is 2. The van der Waals surface area contributed by atoms with Gasteiger partial charge in [-0.2, -0.15) is 5.10 Å². The van der Waals surface area contributed by atoms with Crippen molar-refractivity contribution in [1.29, 1.82) is 0 Å². The molecule has 1 saturated carbocycles. The first-order chi connectivity index (χ1) is 11.2. The molecule has 0 spiro atoms. The lowest BCUT2D eigenvalue weighted by Gasteiger charge is -2.18. The van der Waals surface area contributed by atoms with Gasteiger partial charge in [-0.25, -0.2) is 4.68 Å². The molecule has 0 amide bonds. The SMILES string of the molecule is Cc1nn(-c2ccccc2)c(C)c1CNC[C@H]1C[C@H]2C=C[C@H]1C2. The van der Waals surface area contributed by atoms with Gasteiger partial charge in [-0.1, -0.05) is 30.4 Å². The van der Waals surface area contributed by atoms with Gasteiger partial charge in [0.25, 0.3) is 0 Å². The summed E-state index contributed by atoms with van der Waals surface area (Å²) in [7, 11) is 0. The molecular weight excluding hydrogens is 282 g/mol. The van der Waals surface area contributed by atoms with Crippen molar-refractivity contribution in [2.75, 3.05) is 6.54 Å². The fourth-order valence-corrected chi connectivity index (χ4v) is 4.26. The number of nitrogens with zero attached hydrogens (tertiary/aromatic N) is 2. The molecule has 1 aromatic carbocycles. The van der Waals surface area contributed by atoms with Gasteiger partial charge in [0.2, 0.25) is 0 Å². The number of hydrogen-bond donors (Lipinski definition) is 1. The molecule has 2 aromatic rings. The first-order valence-electron chi connectivity index (χ1n) is 8.72. The average molecular weight is 307 g/mol. The van der Waals surface area contributed by atoms with Crippen molar-refractivity contribution < 1.29 is 0 Å². The molecule has 1 aromatic heterocycles. The number of para-hydroxylation sites is 1. The summed E-state index contributed by atoms with van der Waals surface area (Å²) in [6, 6.07) is 10.4. The van der Waals surface area contributed by atoms with E-state index < -0.39 is 0 Å². The monoisotopic (exact) mass is 307 g/mol. The largest absolute Gasteiger partial charge is 0.312 e. The number of fused-ring (bicyclic) bond motifs is 2. The first-order valence-corrected chi connectivity index (χ1v) is 8.72. The van der Waals surface area contributed by atoms with Crippen molar-refractivity contribution in [3.8, 4) is 5.69 Å². The molecular formula is C20H25N3. The molecule has 2 aliphatic rings. The van der Waals surface area contributed by atoms with Crippen LogP contribution in [0.25, 0.3) is 5.69 Å². The standard InChI is InChI=1S/C20H25N3/c1-14-20(13-21-12-18-11-16-8-9-17(18)10-16)15(2)23(22-14)19-6-4-3-5-7-19/h3-9,16-18,21H,10-13H2,1-2H3/t16-,17-,18+/m0/s1. The predicted octanol–water partition coefficient (Wildman–Crippen LogP) is 3.79. The highest BCUT2D eigenvalue weighted by Crippen LogP contribution is 2.42. The molecule has 3 heteroatoms. The fraction of sp³-hybridized carbons (Fsp3) is 0.450. The van der Waals surface area contributed by atoms with Gasteiger partial charge in [-0.05, 0) is 63.1 Å². The molecule has 23 heavy (non-hydrogen) atoms. The van der Waals surface area contributed by atoms with Crippen molar-refractivity contribution in [2.24, 2.45) is 17.8 Å². The highest BCUT2D eigenvalue weighted by Gasteiger charge is 2.35. The summed E-state index contributed by atoms with van der Waals surface area (Å²) in [6.45, 7) is 6.33. The van der Waals surface area contributed by atoms with Crippen LogP contribution in [0.4, 0.5) is 0 Å². The predicted molar refractivity (Wildman–Crippen MR) is 93.6 cm³/mol. The Morgan fingerprint density at radius 1 is 1.13 bits per heavy atom. The van der Waals surface area contributed by atoms with E-state index in [1.165, 1.54) is 24.1 Å². The zero-order valence-electron chi connectivity index (χ0n) is 14.0. The van der Waals surface area contributed by atoms with Crippen LogP contribution in [0, 0.1) is 31.6 Å². The van der Waals surface area contributed by atoms with Gasteiger partial charge >= 0.3 is 0 Å². The minimum Gasteiger partial charge on any atom is -0.312 e. The van der Waals surface area contributed by atoms with E-state index in [9.17, 15) is 0 Å². The molecule has 1 heterocycles. The number of hydrogen-bond acceptors (Lipinski definition) is 2. The van der Waals surface area contributed by atoms with Crippen molar-refractivity contribution in [2.45, 2.75) is 33.2 Å². The lowest BCUT2D eigenvalue weighted by molar-refractivity contribution is 0.414. The lowest BCUT2D eigenvalue weighted by Crippen LogP contribution is -2.25. The van der Waals surface area contributed by atoms with E-state index in [1.807, 2.05) is 6.07 Å². The lowest BCUT2D eigenvalue weighted by atomic mass is 9.93. The summed E-state index contributed by atoms with van der Waals surface area (Å²) in [5, 5.41) is 8.42. The minimum absolute atomic E-state index is 0.821. The summed E-state index contributed by atoms with van der Waals surface area (Å²) in [5.74, 6) is 2.51. The van der Waals surface area contributed by atoms with Gasteiger partial charge in [0.1, 0.15) is 0 Å². The second-order valence-electron chi connectivity index (χ2n) is 7.07. The third kappa shape index (κ3) is 2.74. The number of aryl methyl sites for hydroxylation is 1. The number of nitrogens with one attached hydrogen (secondary N) is 1. The molecule has 0 unspecified atom stereocenters. The van der Waals surface area contributed by atoms with Crippen LogP contribution < -0.4 is 5.32 Å². The Kier molecular flexibility index (Phi) is 3.82. The average Bonchev–Trinajstić information content (AvgIpc) is 3.25. The molecule has 2 bridgehead atoms. The summed E-state index contributed by atoms with van der Waals surface area (Å²) in [6.07, 6.45) is 7.61. The molecule has 120 valence electrons. The van der Waals surface area contributed by atoms with Crippen LogP contribution >= 0.6 is 0 Å². The molecule has 0 saturated heterocycles. The molecule has 4 rings (SSSR count). The second kappa shape index (κ2) is 5.97. The van der Waals surface area contributed by atoms with E-state index in [2.05, 4.69) is 60.3 Å². The third-order valence-electron chi connectivity index (χ3n) is 5.57. The van der Waals surface area contributed by atoms with Crippen LogP contribution in [0.3, 0.4) is 0 Å². The van der Waals surface area contributed by atoms with Crippen LogP contribution in [0.5, 0.6) is 0 Å². The Bertz CT molecular complexity index is 714. The van der Waals surface area contributed by atoms with Crippen LogP contribution in [0.1, 0.15) is 29.8 Å². The number of benzene rings is 1. The van der Waals surface area contributed by atoms with E-state index in [0.717, 1.165) is 42.2 Å². The van der Waals surface area contributed by atoms with E-state index in [0.29, 0.717) is 0 Å². The molecule has 3 atom stereocenters. The van der Waals surface area contributed by atoms with Crippen molar-refractivity contribution in [3.05, 3.63) is 59.4 Å². The van der Waals surface area contributed by atoms with Crippen LogP contribution in [0.2, 0.25) is 0 Å². The summed E-state index contributed by atoms with van der Waals surface area (Å²) in [4.78, 5) is 0. The van der Waals surface area contributed by atoms with Crippen LogP contribution in [-0.4, -0.2) is 16.3 Å².